The van der Waals surface area contributed by atoms with Crippen molar-refractivity contribution >= 4 is 45.1 Å². The smallest absolute Gasteiger partial charge is 0.267 e. The van der Waals surface area contributed by atoms with Crippen LogP contribution in [0.3, 0.4) is 0 Å². The minimum atomic E-state index is -0.0416. The lowest BCUT2D eigenvalue weighted by molar-refractivity contribution is 1.42. The molecule has 1 aromatic carbocycles. The predicted molar refractivity (Wildman–Crippen MR) is 66.4 cm³/mol. The number of rotatable bonds is 3. The highest BCUT2D eigenvalue weighted by Gasteiger charge is 2.07. The van der Waals surface area contributed by atoms with Gasteiger partial charge in [-0.1, -0.05) is 17.6 Å². The molecule has 2 rings (SSSR count). The van der Waals surface area contributed by atoms with E-state index in [1.54, 1.807) is 0 Å². The minimum Gasteiger partial charge on any atom is -0.277 e. The molecule has 0 saturated carbocycles. The molecule has 6 heteroatoms. The van der Waals surface area contributed by atoms with Gasteiger partial charge in [0.05, 0.1) is 15.2 Å². The summed E-state index contributed by atoms with van der Waals surface area (Å²) in [6.07, 6.45) is 0. The van der Waals surface area contributed by atoms with E-state index in [-0.39, 0.29) is 5.56 Å². The molecule has 0 aliphatic carbocycles. The second-order valence-corrected chi connectivity index (χ2v) is 5.65. The molecule has 0 amide bonds. The summed E-state index contributed by atoms with van der Waals surface area (Å²) in [4.78, 5) is 12.4. The average molecular weight is 254 g/mol. The number of fused-ring (bicyclic) bond motifs is 1. The van der Waals surface area contributed by atoms with Gasteiger partial charge in [0.25, 0.3) is 5.56 Å². The minimum absolute atomic E-state index is 0.0416. The lowest BCUT2D eigenvalue weighted by Gasteiger charge is -1.98. The Hall–Kier alpha value is -0.900. The Bertz CT molecular complexity index is 566. The number of aromatic amines is 1. The number of benzene rings is 1. The van der Waals surface area contributed by atoms with Crippen LogP contribution in [0.4, 0.5) is 0 Å². The van der Waals surface area contributed by atoms with Gasteiger partial charge in [0.2, 0.25) is 0 Å². The molecule has 1 heterocycles. The number of nitriles is 1. The van der Waals surface area contributed by atoms with E-state index in [1.165, 1.54) is 35.1 Å². The standard InChI is InChI=1S/C9H6N2OS3/c10-4-13-5-14-6-2-1-3-7-8(6)9(12)11-15-7/h1-3H,5H2,(H,11,12). The molecule has 76 valence electrons. The highest BCUT2D eigenvalue weighted by atomic mass is 32.2. The molecule has 0 aliphatic heterocycles. The number of thioether (sulfide) groups is 2. The lowest BCUT2D eigenvalue weighted by Crippen LogP contribution is -1.97. The molecule has 1 N–H and O–H groups in total. The molecule has 0 radical (unpaired) electrons. The van der Waals surface area contributed by atoms with Crippen LogP contribution in [0.2, 0.25) is 0 Å². The molecule has 0 saturated heterocycles. The summed E-state index contributed by atoms with van der Waals surface area (Å²) < 4.78 is 3.67. The maximum Gasteiger partial charge on any atom is 0.267 e. The first kappa shape index (κ1) is 10.6. The van der Waals surface area contributed by atoms with Crippen molar-refractivity contribution in [1.29, 1.82) is 5.26 Å². The van der Waals surface area contributed by atoms with E-state index in [4.69, 9.17) is 5.26 Å². The van der Waals surface area contributed by atoms with Crippen LogP contribution in [0.1, 0.15) is 0 Å². The molecule has 2 aromatic rings. The van der Waals surface area contributed by atoms with E-state index in [2.05, 4.69) is 4.37 Å². The zero-order valence-electron chi connectivity index (χ0n) is 7.52. The van der Waals surface area contributed by atoms with Crippen LogP contribution in [-0.4, -0.2) is 9.46 Å². The van der Waals surface area contributed by atoms with Crippen LogP contribution in [-0.2, 0) is 0 Å². The maximum absolute atomic E-state index is 11.5. The molecule has 1 aromatic heterocycles. The summed E-state index contributed by atoms with van der Waals surface area (Å²) in [5.74, 6) is 0. The Labute approximate surface area is 98.6 Å². The van der Waals surface area contributed by atoms with E-state index in [0.717, 1.165) is 15.0 Å². The second kappa shape index (κ2) is 4.75. The van der Waals surface area contributed by atoms with Crippen LogP contribution in [0.25, 0.3) is 10.1 Å². The molecule has 0 aliphatic rings. The number of nitrogens with zero attached hydrogens (tertiary/aromatic N) is 1. The SMILES string of the molecule is N#CSCSc1cccc2s[nH]c(=O)c12. The topological polar surface area (TPSA) is 56.6 Å². The average Bonchev–Trinajstić information content (AvgIpc) is 2.62. The van der Waals surface area contributed by atoms with E-state index < -0.39 is 0 Å². The van der Waals surface area contributed by atoms with Crippen molar-refractivity contribution in [3.8, 4) is 5.40 Å². The number of thiocyanates is 1. The lowest BCUT2D eigenvalue weighted by atomic mass is 10.3. The molecule has 0 atom stereocenters. The zero-order valence-corrected chi connectivity index (χ0v) is 9.97. The van der Waals surface area contributed by atoms with E-state index >= 15 is 0 Å². The molecule has 0 fully saturated rings. The van der Waals surface area contributed by atoms with E-state index in [0.29, 0.717) is 5.08 Å². The summed E-state index contributed by atoms with van der Waals surface area (Å²) in [5, 5.41) is 11.8. The Morgan fingerprint density at radius 3 is 3.20 bits per heavy atom. The van der Waals surface area contributed by atoms with Crippen LogP contribution in [0, 0.1) is 10.7 Å². The number of hydrogen-bond donors (Lipinski definition) is 1. The van der Waals surface area contributed by atoms with Crippen molar-refractivity contribution in [2.45, 2.75) is 4.90 Å². The van der Waals surface area contributed by atoms with Gasteiger partial charge in [0.15, 0.2) is 0 Å². The fourth-order valence-electron chi connectivity index (χ4n) is 1.21. The molecule has 0 bridgehead atoms. The van der Waals surface area contributed by atoms with Gasteiger partial charge in [-0.25, -0.2) is 0 Å². The summed E-state index contributed by atoms with van der Waals surface area (Å²) in [6, 6.07) is 5.75. The third-order valence-electron chi connectivity index (χ3n) is 1.81. The summed E-state index contributed by atoms with van der Waals surface area (Å²) in [6.45, 7) is 0. The van der Waals surface area contributed by atoms with Crippen molar-refractivity contribution < 1.29 is 0 Å². The summed E-state index contributed by atoms with van der Waals surface area (Å²) in [5.41, 5.74) is -0.0416. The fraction of sp³-hybridized carbons (Fsp3) is 0.111. The van der Waals surface area contributed by atoms with E-state index in [9.17, 15) is 4.79 Å². The van der Waals surface area contributed by atoms with Crippen molar-refractivity contribution in [3.05, 3.63) is 28.6 Å². The summed E-state index contributed by atoms with van der Waals surface area (Å²) >= 11 is 4.04. The highest BCUT2D eigenvalue weighted by Crippen LogP contribution is 2.29. The van der Waals surface area contributed by atoms with Gasteiger partial charge < -0.3 is 0 Å². The predicted octanol–water partition coefficient (Wildman–Crippen LogP) is 2.85. The van der Waals surface area contributed by atoms with Crippen LogP contribution < -0.4 is 5.56 Å². The molecule has 0 unspecified atom stereocenters. The normalized spacial score (nSPS) is 10.3. The van der Waals surface area contributed by atoms with Gasteiger partial charge in [-0.3, -0.25) is 9.17 Å². The molecule has 0 spiro atoms. The molecule has 15 heavy (non-hydrogen) atoms. The molecular formula is C9H6N2OS3. The largest absolute Gasteiger partial charge is 0.277 e. The first-order valence-electron chi connectivity index (χ1n) is 4.07. The first-order chi connectivity index (χ1) is 7.33. The van der Waals surface area contributed by atoms with Gasteiger partial charge >= 0.3 is 0 Å². The van der Waals surface area contributed by atoms with Gasteiger partial charge in [0, 0.05) is 4.90 Å². The van der Waals surface area contributed by atoms with Gasteiger partial charge in [-0.15, -0.1) is 11.8 Å². The third kappa shape index (κ3) is 2.20. The van der Waals surface area contributed by atoms with Crippen molar-refractivity contribution in [2.75, 3.05) is 5.08 Å². The maximum atomic E-state index is 11.5. The number of nitrogens with one attached hydrogen (secondary N) is 1. The Balaban J connectivity index is 2.38. The number of H-pyrrole nitrogens is 1. The first-order valence-corrected chi connectivity index (χ1v) is 6.85. The quantitative estimate of drug-likeness (QED) is 0.396. The molecular weight excluding hydrogens is 248 g/mol. The number of aromatic nitrogens is 1. The van der Waals surface area contributed by atoms with Crippen LogP contribution in [0.5, 0.6) is 0 Å². The highest BCUT2D eigenvalue weighted by molar-refractivity contribution is 8.18. The zero-order chi connectivity index (χ0) is 10.7. The monoisotopic (exact) mass is 254 g/mol. The Morgan fingerprint density at radius 2 is 2.40 bits per heavy atom. The van der Waals surface area contributed by atoms with E-state index in [1.807, 2.05) is 23.6 Å². The van der Waals surface area contributed by atoms with Crippen molar-refractivity contribution in [2.24, 2.45) is 0 Å². The summed E-state index contributed by atoms with van der Waals surface area (Å²) in [7, 11) is 0. The fourth-order valence-corrected chi connectivity index (χ4v) is 3.51. The number of hydrogen-bond acceptors (Lipinski definition) is 5. The Morgan fingerprint density at radius 1 is 1.53 bits per heavy atom. The van der Waals surface area contributed by atoms with Gasteiger partial charge in [-0.05, 0) is 23.9 Å². The Kier molecular flexibility index (Phi) is 3.36. The molecule has 3 nitrogen and oxygen atoms in total. The van der Waals surface area contributed by atoms with Gasteiger partial charge in [-0.2, -0.15) is 5.26 Å². The third-order valence-corrected chi connectivity index (χ3v) is 4.38. The van der Waals surface area contributed by atoms with Gasteiger partial charge in [0.1, 0.15) is 5.40 Å². The van der Waals surface area contributed by atoms with Crippen LogP contribution in [0.15, 0.2) is 27.9 Å². The van der Waals surface area contributed by atoms with Crippen LogP contribution >= 0.6 is 35.1 Å². The van der Waals surface area contributed by atoms with Crippen molar-refractivity contribution in [3.63, 3.8) is 0 Å². The second-order valence-electron chi connectivity index (χ2n) is 2.66. The van der Waals surface area contributed by atoms with Crippen molar-refractivity contribution in [1.82, 2.24) is 4.37 Å².